The zero-order valence-corrected chi connectivity index (χ0v) is 17.4. The van der Waals surface area contributed by atoms with Crippen LogP contribution in [0.2, 0.25) is 0 Å². The molecule has 0 saturated heterocycles. The fraction of sp³-hybridized carbons (Fsp3) is 0.333. The van der Waals surface area contributed by atoms with Crippen LogP contribution in [0.25, 0.3) is 0 Å². The van der Waals surface area contributed by atoms with Crippen LogP contribution in [-0.2, 0) is 11.2 Å². The average molecular weight is 417 g/mol. The smallest absolute Gasteiger partial charge is 0.233 e. The van der Waals surface area contributed by atoms with E-state index in [0.29, 0.717) is 11.6 Å². The Hall–Kier alpha value is -3.35. The summed E-state index contributed by atoms with van der Waals surface area (Å²) >= 11 is 0. The molecule has 0 bridgehead atoms. The van der Waals surface area contributed by atoms with Crippen molar-refractivity contribution < 1.29 is 9.18 Å². The molecule has 1 N–H and O–H groups in total. The fourth-order valence-corrected chi connectivity index (χ4v) is 3.92. The van der Waals surface area contributed by atoms with Crippen molar-refractivity contribution in [3.63, 3.8) is 0 Å². The number of halogens is 1. The summed E-state index contributed by atoms with van der Waals surface area (Å²) in [6.45, 7) is 2.72. The molecule has 2 aliphatic rings. The maximum absolute atomic E-state index is 13.1. The van der Waals surface area contributed by atoms with Crippen LogP contribution in [0.15, 0.2) is 48.7 Å². The largest absolute Gasteiger partial charge is 0.326 e. The first-order chi connectivity index (χ1) is 15.1. The number of aryl methyl sites for hydroxylation is 1. The first kappa shape index (κ1) is 19.6. The van der Waals surface area contributed by atoms with Gasteiger partial charge in [-0.3, -0.25) is 9.78 Å². The molecule has 1 saturated carbocycles. The van der Waals surface area contributed by atoms with Crippen molar-refractivity contribution >= 4 is 23.1 Å². The molecule has 7 heteroatoms. The molecule has 0 radical (unpaired) electrons. The number of anilines is 3. The van der Waals surface area contributed by atoms with E-state index in [0.717, 1.165) is 48.1 Å². The van der Waals surface area contributed by atoms with Gasteiger partial charge in [0.25, 0.3) is 0 Å². The molecular formula is C24H24FN5O. The second kappa shape index (κ2) is 8.06. The van der Waals surface area contributed by atoms with Gasteiger partial charge in [0, 0.05) is 24.3 Å². The maximum atomic E-state index is 13.1. The molecule has 3 heterocycles. The van der Waals surface area contributed by atoms with Gasteiger partial charge < -0.3 is 10.2 Å². The fourth-order valence-electron chi connectivity index (χ4n) is 3.92. The number of nitrogens with zero attached hydrogens (tertiary/aromatic N) is 4. The van der Waals surface area contributed by atoms with E-state index in [4.69, 9.17) is 9.97 Å². The van der Waals surface area contributed by atoms with Gasteiger partial charge in [0.1, 0.15) is 17.5 Å². The van der Waals surface area contributed by atoms with Crippen LogP contribution in [-0.4, -0.2) is 27.4 Å². The Kier molecular flexibility index (Phi) is 5.10. The predicted octanol–water partition coefficient (Wildman–Crippen LogP) is 4.71. The molecule has 1 atom stereocenters. The maximum Gasteiger partial charge on any atom is 0.233 e. The van der Waals surface area contributed by atoms with E-state index in [-0.39, 0.29) is 11.7 Å². The third-order valence-corrected chi connectivity index (χ3v) is 5.89. The number of aromatic nitrogens is 3. The van der Waals surface area contributed by atoms with Crippen molar-refractivity contribution in [2.75, 3.05) is 16.8 Å². The van der Waals surface area contributed by atoms with Crippen LogP contribution in [0.1, 0.15) is 55.2 Å². The molecule has 31 heavy (non-hydrogen) atoms. The third kappa shape index (κ3) is 4.13. The predicted molar refractivity (Wildman–Crippen MR) is 117 cm³/mol. The molecule has 3 aromatic rings. The summed E-state index contributed by atoms with van der Waals surface area (Å²) in [5.41, 5.74) is 3.32. The standard InChI is InChI=1S/C24H24FN5O/c1-15(24(31)27-18-8-6-17(25)7-9-18)19-10-11-21-20(28-19)3-2-14-30(21)22-12-13-26-23(29-22)16-4-5-16/h6-13,15-16H,2-5,14H2,1H3,(H,27,31). The molecule has 158 valence electrons. The lowest BCUT2D eigenvalue weighted by atomic mass is 10.0. The lowest BCUT2D eigenvalue weighted by Crippen LogP contribution is -2.27. The number of fused-ring (bicyclic) bond motifs is 1. The van der Waals surface area contributed by atoms with Crippen LogP contribution >= 0.6 is 0 Å². The van der Waals surface area contributed by atoms with Crippen LogP contribution in [0.4, 0.5) is 21.6 Å². The number of rotatable bonds is 5. The van der Waals surface area contributed by atoms with Gasteiger partial charge in [0.15, 0.2) is 0 Å². The minimum atomic E-state index is -0.425. The van der Waals surface area contributed by atoms with Crippen molar-refractivity contribution in [2.24, 2.45) is 0 Å². The SMILES string of the molecule is CC(C(=O)Nc1ccc(F)cc1)c1ccc2c(n1)CCCN2c1ccnc(C2CC2)n1. The monoisotopic (exact) mass is 417 g/mol. The van der Waals surface area contributed by atoms with Gasteiger partial charge in [-0.15, -0.1) is 0 Å². The lowest BCUT2D eigenvalue weighted by Gasteiger charge is -2.30. The van der Waals surface area contributed by atoms with Gasteiger partial charge in [0.2, 0.25) is 5.91 Å². The Labute approximate surface area is 180 Å². The van der Waals surface area contributed by atoms with E-state index in [1.54, 1.807) is 12.1 Å². The lowest BCUT2D eigenvalue weighted by molar-refractivity contribution is -0.117. The van der Waals surface area contributed by atoms with E-state index in [2.05, 4.69) is 15.2 Å². The zero-order chi connectivity index (χ0) is 21.4. The summed E-state index contributed by atoms with van der Waals surface area (Å²) in [6, 6.07) is 11.7. The highest BCUT2D eigenvalue weighted by Gasteiger charge is 2.28. The molecule has 2 aromatic heterocycles. The number of hydrogen-bond donors (Lipinski definition) is 1. The van der Waals surface area contributed by atoms with Crippen molar-refractivity contribution in [1.82, 2.24) is 15.0 Å². The summed E-state index contributed by atoms with van der Waals surface area (Å²) in [4.78, 5) is 28.9. The highest BCUT2D eigenvalue weighted by molar-refractivity contribution is 5.95. The van der Waals surface area contributed by atoms with E-state index >= 15 is 0 Å². The minimum Gasteiger partial charge on any atom is -0.326 e. The van der Waals surface area contributed by atoms with Gasteiger partial charge in [-0.1, -0.05) is 0 Å². The molecule has 1 unspecified atom stereocenters. The second-order valence-electron chi connectivity index (χ2n) is 8.22. The Morgan fingerprint density at radius 3 is 2.71 bits per heavy atom. The average Bonchev–Trinajstić information content (AvgIpc) is 3.65. The molecule has 0 spiro atoms. The van der Waals surface area contributed by atoms with Crippen LogP contribution in [0.5, 0.6) is 0 Å². The number of carbonyl (C=O) groups is 1. The molecule has 1 fully saturated rings. The van der Waals surface area contributed by atoms with Gasteiger partial charge >= 0.3 is 0 Å². The normalized spacial score (nSPS) is 16.5. The number of pyridine rings is 1. The van der Waals surface area contributed by atoms with Gasteiger partial charge in [-0.2, -0.15) is 0 Å². The highest BCUT2D eigenvalue weighted by atomic mass is 19.1. The topological polar surface area (TPSA) is 71.0 Å². The third-order valence-electron chi connectivity index (χ3n) is 5.89. The molecule has 1 aliphatic carbocycles. The molecule has 1 amide bonds. The number of hydrogen-bond acceptors (Lipinski definition) is 5. The summed E-state index contributed by atoms with van der Waals surface area (Å²) in [7, 11) is 0. The summed E-state index contributed by atoms with van der Waals surface area (Å²) in [5.74, 6) is 1.42. The molecule has 6 nitrogen and oxygen atoms in total. The Bertz CT molecular complexity index is 1110. The molecule has 1 aliphatic heterocycles. The van der Waals surface area contributed by atoms with Gasteiger partial charge in [-0.25, -0.2) is 14.4 Å². The van der Waals surface area contributed by atoms with Gasteiger partial charge in [0.05, 0.1) is 23.0 Å². The van der Waals surface area contributed by atoms with E-state index < -0.39 is 5.92 Å². The molecular weight excluding hydrogens is 393 g/mol. The van der Waals surface area contributed by atoms with Crippen molar-refractivity contribution in [1.29, 1.82) is 0 Å². The Morgan fingerprint density at radius 2 is 1.94 bits per heavy atom. The van der Waals surface area contributed by atoms with E-state index in [1.165, 1.54) is 25.0 Å². The first-order valence-electron chi connectivity index (χ1n) is 10.8. The Balaban J connectivity index is 1.36. The zero-order valence-electron chi connectivity index (χ0n) is 17.4. The summed E-state index contributed by atoms with van der Waals surface area (Å²) in [6.07, 6.45) is 6.02. The first-order valence-corrected chi connectivity index (χ1v) is 10.8. The Morgan fingerprint density at radius 1 is 1.13 bits per heavy atom. The number of carbonyl (C=O) groups excluding carboxylic acids is 1. The quantitative estimate of drug-likeness (QED) is 0.651. The van der Waals surface area contributed by atoms with E-state index in [9.17, 15) is 9.18 Å². The number of amides is 1. The molecule has 1 aromatic carbocycles. The van der Waals surface area contributed by atoms with E-state index in [1.807, 2.05) is 31.3 Å². The van der Waals surface area contributed by atoms with Crippen LogP contribution < -0.4 is 10.2 Å². The summed E-state index contributed by atoms with van der Waals surface area (Å²) in [5, 5.41) is 2.83. The van der Waals surface area contributed by atoms with Crippen LogP contribution in [0, 0.1) is 5.82 Å². The minimum absolute atomic E-state index is 0.170. The number of nitrogens with one attached hydrogen (secondary N) is 1. The van der Waals surface area contributed by atoms with Crippen molar-refractivity contribution in [2.45, 2.75) is 44.4 Å². The highest BCUT2D eigenvalue weighted by Crippen LogP contribution is 2.39. The van der Waals surface area contributed by atoms with Crippen LogP contribution in [0.3, 0.4) is 0 Å². The summed E-state index contributed by atoms with van der Waals surface area (Å²) < 4.78 is 13.1. The van der Waals surface area contributed by atoms with Gasteiger partial charge in [-0.05, 0) is 75.1 Å². The van der Waals surface area contributed by atoms with Crippen molar-refractivity contribution in [3.8, 4) is 0 Å². The molecule has 5 rings (SSSR count). The number of benzene rings is 1. The second-order valence-corrected chi connectivity index (χ2v) is 8.22. The van der Waals surface area contributed by atoms with Crippen molar-refractivity contribution in [3.05, 3.63) is 71.7 Å².